The summed E-state index contributed by atoms with van der Waals surface area (Å²) < 4.78 is 14.6. The Kier molecular flexibility index (Phi) is 5.11. The van der Waals surface area contributed by atoms with Crippen molar-refractivity contribution in [3.05, 3.63) is 88.8 Å². The number of anilines is 2. The molecule has 33 heavy (non-hydrogen) atoms. The highest BCUT2D eigenvalue weighted by molar-refractivity contribution is 6.33. The van der Waals surface area contributed by atoms with Gasteiger partial charge in [-0.05, 0) is 43.3 Å². The van der Waals surface area contributed by atoms with Gasteiger partial charge >= 0.3 is 5.97 Å². The van der Waals surface area contributed by atoms with Crippen LogP contribution >= 0.6 is 11.6 Å². The van der Waals surface area contributed by atoms with Gasteiger partial charge in [-0.25, -0.2) is 24.1 Å². The van der Waals surface area contributed by atoms with Crippen LogP contribution in [-0.2, 0) is 0 Å². The summed E-state index contributed by atoms with van der Waals surface area (Å²) in [6, 6.07) is 16.9. The van der Waals surface area contributed by atoms with E-state index in [0.717, 1.165) is 16.3 Å². The number of nitrogens with one attached hydrogen (secondary N) is 1. The van der Waals surface area contributed by atoms with Crippen molar-refractivity contribution in [3.63, 3.8) is 0 Å². The molecule has 2 aromatic heterocycles. The van der Waals surface area contributed by atoms with Crippen molar-refractivity contribution in [1.29, 1.82) is 0 Å². The maximum Gasteiger partial charge on any atom is 0.337 e. The van der Waals surface area contributed by atoms with E-state index in [0.29, 0.717) is 33.9 Å². The molecule has 8 heteroatoms. The molecule has 2 heterocycles. The molecule has 2 N–H and O–H groups in total. The number of rotatable bonds is 4. The lowest BCUT2D eigenvalue weighted by atomic mass is 10.0. The second-order valence-electron chi connectivity index (χ2n) is 7.54. The minimum absolute atomic E-state index is 0.00730. The van der Waals surface area contributed by atoms with Gasteiger partial charge in [0.25, 0.3) is 0 Å². The number of carbonyl (C=O) groups is 1. The fourth-order valence-electron chi connectivity index (χ4n) is 3.71. The summed E-state index contributed by atoms with van der Waals surface area (Å²) in [4.78, 5) is 24.8. The molecule has 5 aromatic rings. The van der Waals surface area contributed by atoms with Crippen LogP contribution in [0.15, 0.2) is 66.9 Å². The smallest absolute Gasteiger partial charge is 0.337 e. The summed E-state index contributed by atoms with van der Waals surface area (Å²) in [5.41, 5.74) is 3.63. The first-order valence-corrected chi connectivity index (χ1v) is 10.4. The fourth-order valence-corrected chi connectivity index (χ4v) is 3.97. The van der Waals surface area contributed by atoms with Crippen LogP contribution in [0, 0.1) is 12.7 Å². The third kappa shape index (κ3) is 3.83. The number of halogens is 2. The predicted molar refractivity (Wildman–Crippen MR) is 127 cm³/mol. The fraction of sp³-hybridized carbons (Fsp3) is 0.0400. The highest BCUT2D eigenvalue weighted by Gasteiger charge is 2.16. The molecule has 0 saturated carbocycles. The van der Waals surface area contributed by atoms with Crippen LogP contribution in [0.1, 0.15) is 15.9 Å². The number of benzene rings is 3. The Hall–Kier alpha value is -4.10. The molecule has 3 aromatic carbocycles. The average molecular weight is 459 g/mol. The largest absolute Gasteiger partial charge is 0.478 e. The standard InChI is InChI=1S/C25H16ClFN4O2/c1-13-6-8-15-18(10-13)22(17-4-2-3-5-20(17)27)30-21-12-28-25(31-23(15)21)29-14-7-9-16(24(32)33)19(26)11-14/h2-12H,1H3,(H,32,33)(H,28,29,31). The van der Waals surface area contributed by atoms with Crippen LogP contribution in [-0.4, -0.2) is 26.0 Å². The van der Waals surface area contributed by atoms with Crippen molar-refractivity contribution in [1.82, 2.24) is 15.0 Å². The number of carboxylic acid groups (broad SMARTS) is 1. The molecule has 0 radical (unpaired) electrons. The first kappa shape index (κ1) is 20.8. The number of hydrogen-bond donors (Lipinski definition) is 2. The molecule has 0 unspecified atom stereocenters. The molecule has 0 fully saturated rings. The number of nitrogens with zero attached hydrogens (tertiary/aromatic N) is 3. The van der Waals surface area contributed by atoms with Gasteiger partial charge in [-0.2, -0.15) is 0 Å². The van der Waals surface area contributed by atoms with Crippen LogP contribution < -0.4 is 5.32 Å². The van der Waals surface area contributed by atoms with E-state index >= 15 is 0 Å². The quantitative estimate of drug-likeness (QED) is 0.303. The Labute approximate surface area is 192 Å². The number of aryl methyl sites for hydroxylation is 1. The molecule has 0 bridgehead atoms. The average Bonchev–Trinajstić information content (AvgIpc) is 2.79. The van der Waals surface area contributed by atoms with Crippen LogP contribution in [0.5, 0.6) is 0 Å². The van der Waals surface area contributed by atoms with E-state index in [-0.39, 0.29) is 16.4 Å². The summed E-state index contributed by atoms with van der Waals surface area (Å²) in [6.45, 7) is 1.96. The van der Waals surface area contributed by atoms with E-state index in [4.69, 9.17) is 16.7 Å². The Bertz CT molecular complexity index is 1570. The highest BCUT2D eigenvalue weighted by atomic mass is 35.5. The maximum atomic E-state index is 14.6. The van der Waals surface area contributed by atoms with Crippen LogP contribution in [0.2, 0.25) is 5.02 Å². The lowest BCUT2D eigenvalue weighted by Crippen LogP contribution is -2.01. The van der Waals surface area contributed by atoms with Gasteiger partial charge in [0.15, 0.2) is 0 Å². The van der Waals surface area contributed by atoms with E-state index in [9.17, 15) is 9.18 Å². The summed E-state index contributed by atoms with van der Waals surface area (Å²) in [7, 11) is 0. The zero-order valence-corrected chi connectivity index (χ0v) is 18.1. The van der Waals surface area contributed by atoms with Crippen molar-refractivity contribution in [3.8, 4) is 11.3 Å². The number of fused-ring (bicyclic) bond motifs is 3. The van der Waals surface area contributed by atoms with Crippen LogP contribution in [0.4, 0.5) is 16.0 Å². The van der Waals surface area contributed by atoms with Gasteiger partial charge in [-0.3, -0.25) is 0 Å². The zero-order valence-electron chi connectivity index (χ0n) is 17.3. The Balaban J connectivity index is 1.65. The molecule has 0 atom stereocenters. The van der Waals surface area contributed by atoms with Crippen LogP contribution in [0.25, 0.3) is 33.1 Å². The van der Waals surface area contributed by atoms with Gasteiger partial charge in [0.2, 0.25) is 5.95 Å². The SMILES string of the molecule is Cc1ccc2c(c1)c(-c1ccccc1F)nc1cnc(Nc3ccc(C(=O)O)c(Cl)c3)nc12. The second kappa shape index (κ2) is 8.11. The summed E-state index contributed by atoms with van der Waals surface area (Å²) in [5.74, 6) is -1.16. The van der Waals surface area contributed by atoms with E-state index < -0.39 is 5.97 Å². The third-order valence-electron chi connectivity index (χ3n) is 5.27. The van der Waals surface area contributed by atoms with Crippen molar-refractivity contribution >= 4 is 51.0 Å². The van der Waals surface area contributed by atoms with E-state index in [1.165, 1.54) is 18.2 Å². The second-order valence-corrected chi connectivity index (χ2v) is 7.95. The molecule has 0 aliphatic rings. The lowest BCUT2D eigenvalue weighted by Gasteiger charge is -2.12. The molecule has 0 amide bonds. The number of pyridine rings is 1. The van der Waals surface area contributed by atoms with Crippen molar-refractivity contribution in [2.75, 3.05) is 5.32 Å². The highest BCUT2D eigenvalue weighted by Crippen LogP contribution is 2.34. The van der Waals surface area contributed by atoms with Gasteiger partial charge in [-0.15, -0.1) is 0 Å². The van der Waals surface area contributed by atoms with E-state index in [1.54, 1.807) is 30.5 Å². The molecular formula is C25H16ClFN4O2. The van der Waals surface area contributed by atoms with E-state index in [2.05, 4.69) is 20.3 Å². The molecule has 0 saturated heterocycles. The van der Waals surface area contributed by atoms with Crippen molar-refractivity contribution in [2.45, 2.75) is 6.92 Å². The molecule has 0 spiro atoms. The number of aromatic carboxylic acids is 1. The Morgan fingerprint density at radius 2 is 1.85 bits per heavy atom. The van der Waals surface area contributed by atoms with Crippen LogP contribution in [0.3, 0.4) is 0 Å². The van der Waals surface area contributed by atoms with Crippen molar-refractivity contribution < 1.29 is 14.3 Å². The monoisotopic (exact) mass is 458 g/mol. The third-order valence-corrected chi connectivity index (χ3v) is 5.58. The van der Waals surface area contributed by atoms with Gasteiger partial charge in [-0.1, -0.05) is 41.4 Å². The summed E-state index contributed by atoms with van der Waals surface area (Å²) in [6.07, 6.45) is 1.57. The Morgan fingerprint density at radius 1 is 1.03 bits per heavy atom. The lowest BCUT2D eigenvalue weighted by molar-refractivity contribution is 0.0697. The Morgan fingerprint density at radius 3 is 2.61 bits per heavy atom. The predicted octanol–water partition coefficient (Wildman–Crippen LogP) is 6.39. The van der Waals surface area contributed by atoms with Gasteiger partial charge in [0.05, 0.1) is 22.5 Å². The molecular weight excluding hydrogens is 443 g/mol. The number of carboxylic acids is 1. The molecule has 0 aliphatic carbocycles. The first-order chi connectivity index (χ1) is 15.9. The first-order valence-electron chi connectivity index (χ1n) is 10.0. The zero-order chi connectivity index (χ0) is 23.1. The van der Waals surface area contributed by atoms with E-state index in [1.807, 2.05) is 25.1 Å². The van der Waals surface area contributed by atoms with Gasteiger partial charge in [0, 0.05) is 22.0 Å². The minimum Gasteiger partial charge on any atom is -0.478 e. The molecule has 5 rings (SSSR count). The van der Waals surface area contributed by atoms with Gasteiger partial charge in [0.1, 0.15) is 16.9 Å². The number of hydrogen-bond acceptors (Lipinski definition) is 5. The minimum atomic E-state index is -1.10. The topological polar surface area (TPSA) is 88.0 Å². The molecule has 0 aliphatic heterocycles. The summed E-state index contributed by atoms with van der Waals surface area (Å²) >= 11 is 6.06. The molecule has 6 nitrogen and oxygen atoms in total. The molecule has 162 valence electrons. The van der Waals surface area contributed by atoms with Crippen molar-refractivity contribution in [2.24, 2.45) is 0 Å². The summed E-state index contributed by atoms with van der Waals surface area (Å²) in [5, 5.41) is 13.9. The normalized spacial score (nSPS) is 11.1. The van der Waals surface area contributed by atoms with Gasteiger partial charge < -0.3 is 10.4 Å². The number of aromatic nitrogens is 3. The maximum absolute atomic E-state index is 14.6.